The SMILES string of the molecule is C=CC(=O)N(C)c1ccc(C(=O)N2CC3(CCC3)c3ncccc32)cc1. The van der Waals surface area contributed by atoms with Crippen LogP contribution in [-0.4, -0.2) is 30.4 Å². The summed E-state index contributed by atoms with van der Waals surface area (Å²) in [5.74, 6) is -0.206. The molecule has 132 valence electrons. The minimum absolute atomic E-state index is 0.0210. The standard InChI is InChI=1S/C21H21N3O2/c1-3-18(25)23(2)16-9-7-15(8-10-16)20(26)24-14-21(11-5-12-21)19-17(24)6-4-13-22-19/h3-4,6-10,13H,1,5,11-12,14H2,2H3. The van der Waals surface area contributed by atoms with Crippen molar-refractivity contribution in [3.8, 4) is 0 Å². The molecule has 1 fully saturated rings. The first-order chi connectivity index (χ1) is 12.6. The number of carbonyl (C=O) groups is 2. The predicted octanol–water partition coefficient (Wildman–Crippen LogP) is 3.31. The summed E-state index contributed by atoms with van der Waals surface area (Å²) in [7, 11) is 1.68. The lowest BCUT2D eigenvalue weighted by Gasteiger charge is -2.37. The van der Waals surface area contributed by atoms with Crippen LogP contribution in [0.2, 0.25) is 0 Å². The summed E-state index contributed by atoms with van der Waals surface area (Å²) in [4.78, 5) is 32.8. The van der Waals surface area contributed by atoms with Crippen LogP contribution in [0.15, 0.2) is 55.3 Å². The van der Waals surface area contributed by atoms with Crippen molar-refractivity contribution in [3.05, 3.63) is 66.5 Å². The van der Waals surface area contributed by atoms with E-state index in [1.807, 2.05) is 23.2 Å². The van der Waals surface area contributed by atoms with Crippen molar-refractivity contribution in [2.24, 2.45) is 0 Å². The minimum Gasteiger partial charge on any atom is -0.312 e. The maximum absolute atomic E-state index is 13.1. The van der Waals surface area contributed by atoms with Gasteiger partial charge in [0.15, 0.2) is 0 Å². The summed E-state index contributed by atoms with van der Waals surface area (Å²) in [5, 5.41) is 0. The zero-order valence-electron chi connectivity index (χ0n) is 14.8. The molecule has 1 aromatic carbocycles. The number of anilines is 2. The quantitative estimate of drug-likeness (QED) is 0.801. The van der Waals surface area contributed by atoms with Crippen molar-refractivity contribution in [2.45, 2.75) is 24.7 Å². The van der Waals surface area contributed by atoms with Gasteiger partial charge in [-0.15, -0.1) is 0 Å². The van der Waals surface area contributed by atoms with Crippen molar-refractivity contribution in [3.63, 3.8) is 0 Å². The molecule has 5 nitrogen and oxygen atoms in total. The molecule has 0 atom stereocenters. The number of benzene rings is 1. The molecule has 2 amide bonds. The summed E-state index contributed by atoms with van der Waals surface area (Å²) < 4.78 is 0. The van der Waals surface area contributed by atoms with Gasteiger partial charge < -0.3 is 9.80 Å². The number of nitrogens with zero attached hydrogens (tertiary/aromatic N) is 3. The van der Waals surface area contributed by atoms with Gasteiger partial charge in [0.2, 0.25) is 5.91 Å². The van der Waals surface area contributed by atoms with Crippen LogP contribution in [0.5, 0.6) is 0 Å². The average molecular weight is 347 g/mol. The topological polar surface area (TPSA) is 53.5 Å². The molecular weight excluding hydrogens is 326 g/mol. The van der Waals surface area contributed by atoms with Gasteiger partial charge in [0.05, 0.1) is 11.4 Å². The molecular formula is C21H21N3O2. The molecule has 1 saturated carbocycles. The van der Waals surface area contributed by atoms with Gasteiger partial charge in [-0.2, -0.15) is 0 Å². The molecule has 26 heavy (non-hydrogen) atoms. The van der Waals surface area contributed by atoms with E-state index in [1.165, 1.54) is 17.4 Å². The molecule has 1 spiro atoms. The van der Waals surface area contributed by atoms with E-state index in [4.69, 9.17) is 0 Å². The van der Waals surface area contributed by atoms with Gasteiger partial charge in [0.25, 0.3) is 5.91 Å². The molecule has 2 aliphatic rings. The second-order valence-corrected chi connectivity index (χ2v) is 7.04. The van der Waals surface area contributed by atoms with E-state index in [0.29, 0.717) is 12.1 Å². The number of hydrogen-bond donors (Lipinski definition) is 0. The number of fused-ring (bicyclic) bond motifs is 2. The smallest absolute Gasteiger partial charge is 0.258 e. The fourth-order valence-electron chi connectivity index (χ4n) is 3.91. The van der Waals surface area contributed by atoms with Crippen LogP contribution in [0.25, 0.3) is 0 Å². The lowest BCUT2D eigenvalue weighted by Crippen LogP contribution is -2.41. The van der Waals surface area contributed by atoms with Crippen molar-refractivity contribution >= 4 is 23.2 Å². The van der Waals surface area contributed by atoms with Gasteiger partial charge >= 0.3 is 0 Å². The highest BCUT2D eigenvalue weighted by Crippen LogP contribution is 2.51. The molecule has 0 saturated heterocycles. The largest absolute Gasteiger partial charge is 0.312 e. The number of likely N-dealkylation sites (N-methyl/N-ethyl adjacent to an activating group) is 1. The summed E-state index contributed by atoms with van der Waals surface area (Å²) in [6, 6.07) is 11.0. The Balaban J connectivity index is 1.61. The molecule has 0 unspecified atom stereocenters. The monoisotopic (exact) mass is 347 g/mol. The predicted molar refractivity (Wildman–Crippen MR) is 101 cm³/mol. The van der Waals surface area contributed by atoms with Gasteiger partial charge in [-0.1, -0.05) is 13.0 Å². The maximum atomic E-state index is 13.1. The lowest BCUT2D eigenvalue weighted by molar-refractivity contribution is -0.113. The first-order valence-electron chi connectivity index (χ1n) is 8.83. The molecule has 5 heteroatoms. The second kappa shape index (κ2) is 6.09. The number of pyridine rings is 1. The van der Waals surface area contributed by atoms with E-state index in [1.54, 1.807) is 31.3 Å². The first-order valence-corrected chi connectivity index (χ1v) is 8.83. The number of carbonyl (C=O) groups excluding carboxylic acids is 2. The number of aromatic nitrogens is 1. The Morgan fingerprint density at radius 3 is 2.58 bits per heavy atom. The van der Waals surface area contributed by atoms with E-state index >= 15 is 0 Å². The fourth-order valence-corrected chi connectivity index (χ4v) is 3.91. The molecule has 0 bridgehead atoms. The van der Waals surface area contributed by atoms with Crippen LogP contribution in [0.3, 0.4) is 0 Å². The minimum atomic E-state index is -0.185. The van der Waals surface area contributed by atoms with Crippen molar-refractivity contribution in [2.75, 3.05) is 23.4 Å². The van der Waals surface area contributed by atoms with Crippen LogP contribution in [0, 0.1) is 0 Å². The van der Waals surface area contributed by atoms with E-state index in [-0.39, 0.29) is 17.2 Å². The lowest BCUT2D eigenvalue weighted by atomic mass is 9.67. The zero-order valence-corrected chi connectivity index (χ0v) is 14.8. The summed E-state index contributed by atoms with van der Waals surface area (Å²) in [6.07, 6.45) is 6.46. The molecule has 0 N–H and O–H groups in total. The highest BCUT2D eigenvalue weighted by Gasteiger charge is 2.49. The fraction of sp³-hybridized carbons (Fsp3) is 0.286. The molecule has 0 radical (unpaired) electrons. The molecule has 1 aliphatic carbocycles. The highest BCUT2D eigenvalue weighted by molar-refractivity contribution is 6.08. The third-order valence-electron chi connectivity index (χ3n) is 5.60. The molecule has 4 rings (SSSR count). The third kappa shape index (κ3) is 2.43. The van der Waals surface area contributed by atoms with Gasteiger partial charge in [0, 0.05) is 36.5 Å². The van der Waals surface area contributed by atoms with Crippen molar-refractivity contribution in [1.29, 1.82) is 0 Å². The Kier molecular flexibility index (Phi) is 3.87. The average Bonchev–Trinajstić information content (AvgIpc) is 3.02. The number of rotatable bonds is 3. The molecule has 1 aromatic heterocycles. The van der Waals surface area contributed by atoms with E-state index < -0.39 is 0 Å². The van der Waals surface area contributed by atoms with Gasteiger partial charge in [0.1, 0.15) is 0 Å². The normalized spacial score (nSPS) is 16.7. The Labute approximate surface area is 152 Å². The highest BCUT2D eigenvalue weighted by atomic mass is 16.2. The van der Waals surface area contributed by atoms with Crippen LogP contribution in [0.1, 0.15) is 35.3 Å². The number of hydrogen-bond acceptors (Lipinski definition) is 3. The Morgan fingerprint density at radius 1 is 1.23 bits per heavy atom. The Bertz CT molecular complexity index is 884. The van der Waals surface area contributed by atoms with E-state index in [9.17, 15) is 9.59 Å². The molecule has 2 aromatic rings. The van der Waals surface area contributed by atoms with Crippen LogP contribution < -0.4 is 9.80 Å². The van der Waals surface area contributed by atoms with E-state index in [2.05, 4.69) is 11.6 Å². The summed E-state index contributed by atoms with van der Waals surface area (Å²) >= 11 is 0. The molecule has 1 aliphatic heterocycles. The Morgan fingerprint density at radius 2 is 1.96 bits per heavy atom. The van der Waals surface area contributed by atoms with E-state index in [0.717, 1.165) is 29.9 Å². The summed E-state index contributed by atoms with van der Waals surface area (Å²) in [5.41, 5.74) is 3.38. The van der Waals surface area contributed by atoms with Crippen LogP contribution in [0.4, 0.5) is 11.4 Å². The second-order valence-electron chi connectivity index (χ2n) is 7.04. The third-order valence-corrected chi connectivity index (χ3v) is 5.60. The van der Waals surface area contributed by atoms with Crippen LogP contribution in [-0.2, 0) is 10.2 Å². The number of amides is 2. The molecule has 2 heterocycles. The van der Waals surface area contributed by atoms with Crippen molar-refractivity contribution in [1.82, 2.24) is 4.98 Å². The van der Waals surface area contributed by atoms with Gasteiger partial charge in [-0.25, -0.2) is 0 Å². The zero-order chi connectivity index (χ0) is 18.3. The Hall–Kier alpha value is -2.95. The van der Waals surface area contributed by atoms with Gasteiger partial charge in [-0.05, 0) is 55.3 Å². The van der Waals surface area contributed by atoms with Crippen LogP contribution >= 0.6 is 0 Å². The van der Waals surface area contributed by atoms with Gasteiger partial charge in [-0.3, -0.25) is 14.6 Å². The summed E-state index contributed by atoms with van der Waals surface area (Å²) in [6.45, 7) is 4.20. The maximum Gasteiger partial charge on any atom is 0.258 e. The first kappa shape index (κ1) is 16.5. The van der Waals surface area contributed by atoms with Crippen molar-refractivity contribution < 1.29 is 9.59 Å².